The van der Waals surface area contributed by atoms with E-state index in [1.807, 2.05) is 13.2 Å². The maximum Gasteiger partial charge on any atom is 0.128 e. The van der Waals surface area contributed by atoms with E-state index in [2.05, 4.69) is 41.3 Å². The molecule has 0 amide bonds. The number of nitrogens with zero attached hydrogens (tertiary/aromatic N) is 2. The molecule has 1 aliphatic rings. The lowest BCUT2D eigenvalue weighted by Crippen LogP contribution is -2.24. The molecule has 4 nitrogen and oxygen atoms in total. The lowest BCUT2D eigenvalue weighted by molar-refractivity contribution is 0.131. The van der Waals surface area contributed by atoms with Gasteiger partial charge in [0.05, 0.1) is 6.61 Å². The Morgan fingerprint density at radius 3 is 3.00 bits per heavy atom. The van der Waals surface area contributed by atoms with Gasteiger partial charge in [-0.3, -0.25) is 0 Å². The first-order chi connectivity index (χ1) is 9.20. The van der Waals surface area contributed by atoms with Gasteiger partial charge in [0, 0.05) is 32.4 Å². The summed E-state index contributed by atoms with van der Waals surface area (Å²) in [6.07, 6.45) is 4.57. The Morgan fingerprint density at radius 2 is 2.32 bits per heavy atom. The molecule has 1 unspecified atom stereocenters. The Morgan fingerprint density at radius 1 is 1.53 bits per heavy atom. The number of hydrogen-bond acceptors (Lipinski definition) is 4. The second-order valence-corrected chi connectivity index (χ2v) is 5.40. The number of pyridine rings is 1. The number of anilines is 1. The summed E-state index contributed by atoms with van der Waals surface area (Å²) >= 11 is 0. The molecule has 0 radical (unpaired) electrons. The summed E-state index contributed by atoms with van der Waals surface area (Å²) in [6.45, 7) is 4.74. The fourth-order valence-electron chi connectivity index (χ4n) is 1.93. The van der Waals surface area contributed by atoms with Crippen LogP contribution in [0.15, 0.2) is 18.3 Å². The first-order valence-corrected chi connectivity index (χ1v) is 7.13. The number of ether oxygens (including phenoxy) is 1. The standard InChI is InChI=1S/C15H25N3O/c1-12(16-2)14-6-7-17-15(10-14)18(3)8-9-19-11-13-4-5-13/h6-7,10,12-13,16H,4-5,8-9,11H2,1-3H3. The van der Waals surface area contributed by atoms with E-state index < -0.39 is 0 Å². The van der Waals surface area contributed by atoms with E-state index in [0.717, 1.165) is 31.5 Å². The van der Waals surface area contributed by atoms with Crippen LogP contribution < -0.4 is 10.2 Å². The summed E-state index contributed by atoms with van der Waals surface area (Å²) in [5.74, 6) is 1.85. The third kappa shape index (κ3) is 4.48. The number of rotatable bonds is 8. The zero-order valence-corrected chi connectivity index (χ0v) is 12.2. The van der Waals surface area contributed by atoms with Crippen molar-refractivity contribution in [1.29, 1.82) is 0 Å². The molecule has 1 atom stereocenters. The smallest absolute Gasteiger partial charge is 0.128 e. The summed E-state index contributed by atoms with van der Waals surface area (Å²) in [4.78, 5) is 6.58. The van der Waals surface area contributed by atoms with Crippen molar-refractivity contribution >= 4 is 5.82 Å². The van der Waals surface area contributed by atoms with Gasteiger partial charge in [0.1, 0.15) is 5.82 Å². The third-order valence-corrected chi connectivity index (χ3v) is 3.72. The van der Waals surface area contributed by atoms with Crippen molar-refractivity contribution in [1.82, 2.24) is 10.3 Å². The molecule has 19 heavy (non-hydrogen) atoms. The quantitative estimate of drug-likeness (QED) is 0.730. The van der Waals surface area contributed by atoms with Gasteiger partial charge in [-0.15, -0.1) is 0 Å². The van der Waals surface area contributed by atoms with Crippen LogP contribution in [0.5, 0.6) is 0 Å². The first-order valence-electron chi connectivity index (χ1n) is 7.13. The Labute approximate surface area is 116 Å². The van der Waals surface area contributed by atoms with Gasteiger partial charge in [-0.2, -0.15) is 0 Å². The molecule has 0 spiro atoms. The molecule has 106 valence electrons. The van der Waals surface area contributed by atoms with Gasteiger partial charge in [-0.1, -0.05) is 0 Å². The average molecular weight is 263 g/mol. The maximum atomic E-state index is 5.67. The molecular formula is C15H25N3O. The van der Waals surface area contributed by atoms with Crippen LogP contribution in [-0.2, 0) is 4.74 Å². The molecule has 0 bridgehead atoms. The van der Waals surface area contributed by atoms with Crippen molar-refractivity contribution in [2.24, 2.45) is 5.92 Å². The maximum absolute atomic E-state index is 5.67. The number of likely N-dealkylation sites (N-methyl/N-ethyl adjacent to an activating group) is 1. The minimum absolute atomic E-state index is 0.348. The normalized spacial score (nSPS) is 16.4. The Hall–Kier alpha value is -1.13. The molecule has 0 saturated heterocycles. The first kappa shape index (κ1) is 14.3. The van der Waals surface area contributed by atoms with Gasteiger partial charge in [-0.25, -0.2) is 4.98 Å². The van der Waals surface area contributed by atoms with Gasteiger partial charge in [0.2, 0.25) is 0 Å². The van der Waals surface area contributed by atoms with Crippen LogP contribution in [0.2, 0.25) is 0 Å². The second kappa shape index (κ2) is 6.87. The molecule has 0 aromatic carbocycles. The fraction of sp³-hybridized carbons (Fsp3) is 0.667. The molecular weight excluding hydrogens is 238 g/mol. The van der Waals surface area contributed by atoms with Crippen LogP contribution in [0.25, 0.3) is 0 Å². The van der Waals surface area contributed by atoms with Crippen molar-refractivity contribution in [3.05, 3.63) is 23.9 Å². The molecule has 1 aliphatic carbocycles. The molecule has 4 heteroatoms. The Bertz CT molecular complexity index is 393. The van der Waals surface area contributed by atoms with Crippen LogP contribution >= 0.6 is 0 Å². The minimum Gasteiger partial charge on any atom is -0.379 e. The largest absolute Gasteiger partial charge is 0.379 e. The Kier molecular flexibility index (Phi) is 5.16. The molecule has 1 heterocycles. The lowest BCUT2D eigenvalue weighted by Gasteiger charge is -2.20. The van der Waals surface area contributed by atoms with E-state index in [9.17, 15) is 0 Å². The van der Waals surface area contributed by atoms with Crippen LogP contribution in [0.4, 0.5) is 5.82 Å². The highest BCUT2D eigenvalue weighted by atomic mass is 16.5. The highest BCUT2D eigenvalue weighted by molar-refractivity contribution is 5.40. The molecule has 1 aromatic rings. The van der Waals surface area contributed by atoms with Crippen LogP contribution in [-0.4, -0.2) is 38.8 Å². The zero-order chi connectivity index (χ0) is 13.7. The van der Waals surface area contributed by atoms with E-state index in [1.165, 1.54) is 18.4 Å². The van der Waals surface area contributed by atoms with Crippen molar-refractivity contribution < 1.29 is 4.74 Å². The van der Waals surface area contributed by atoms with Crippen LogP contribution in [0.1, 0.15) is 31.4 Å². The molecule has 1 N–H and O–H groups in total. The monoisotopic (exact) mass is 263 g/mol. The van der Waals surface area contributed by atoms with Crippen molar-refractivity contribution in [3.63, 3.8) is 0 Å². The lowest BCUT2D eigenvalue weighted by atomic mass is 10.1. The van der Waals surface area contributed by atoms with E-state index in [4.69, 9.17) is 4.74 Å². The van der Waals surface area contributed by atoms with Gasteiger partial charge >= 0.3 is 0 Å². The second-order valence-electron chi connectivity index (χ2n) is 5.40. The summed E-state index contributed by atoms with van der Waals surface area (Å²) in [5, 5.41) is 3.25. The highest BCUT2D eigenvalue weighted by Crippen LogP contribution is 2.28. The Balaban J connectivity index is 1.81. The molecule has 1 fully saturated rings. The number of hydrogen-bond donors (Lipinski definition) is 1. The summed E-state index contributed by atoms with van der Waals surface area (Å²) < 4.78 is 5.67. The van der Waals surface area contributed by atoms with E-state index >= 15 is 0 Å². The zero-order valence-electron chi connectivity index (χ0n) is 12.2. The topological polar surface area (TPSA) is 37.4 Å². The van der Waals surface area contributed by atoms with E-state index in [1.54, 1.807) is 0 Å². The van der Waals surface area contributed by atoms with Crippen LogP contribution in [0, 0.1) is 5.92 Å². The summed E-state index contributed by atoms with van der Waals surface area (Å²) in [7, 11) is 4.04. The summed E-state index contributed by atoms with van der Waals surface area (Å²) in [6, 6.07) is 4.55. The van der Waals surface area contributed by atoms with E-state index in [0.29, 0.717) is 6.04 Å². The van der Waals surface area contributed by atoms with Gasteiger partial charge in [0.15, 0.2) is 0 Å². The molecule has 2 rings (SSSR count). The summed E-state index contributed by atoms with van der Waals surface area (Å²) in [5.41, 5.74) is 1.26. The highest BCUT2D eigenvalue weighted by Gasteiger charge is 2.21. The van der Waals surface area contributed by atoms with Crippen LogP contribution in [0.3, 0.4) is 0 Å². The van der Waals surface area contributed by atoms with Gasteiger partial charge in [0.25, 0.3) is 0 Å². The molecule has 1 saturated carbocycles. The number of aromatic nitrogens is 1. The fourth-order valence-corrected chi connectivity index (χ4v) is 1.93. The van der Waals surface area contributed by atoms with Crippen molar-refractivity contribution in [2.45, 2.75) is 25.8 Å². The van der Waals surface area contributed by atoms with Crippen molar-refractivity contribution in [3.8, 4) is 0 Å². The molecule has 1 aromatic heterocycles. The predicted molar refractivity (Wildman–Crippen MR) is 78.5 cm³/mol. The van der Waals surface area contributed by atoms with Gasteiger partial charge in [-0.05, 0) is 50.4 Å². The molecule has 0 aliphatic heterocycles. The van der Waals surface area contributed by atoms with E-state index in [-0.39, 0.29) is 0 Å². The average Bonchev–Trinajstić information content (AvgIpc) is 3.26. The SMILES string of the molecule is CNC(C)c1ccnc(N(C)CCOCC2CC2)c1. The third-order valence-electron chi connectivity index (χ3n) is 3.72. The van der Waals surface area contributed by atoms with Gasteiger partial charge < -0.3 is 15.0 Å². The predicted octanol–water partition coefficient (Wildman–Crippen LogP) is 2.22. The number of nitrogens with one attached hydrogen (secondary N) is 1. The van der Waals surface area contributed by atoms with Crippen molar-refractivity contribution in [2.75, 3.05) is 38.8 Å². The minimum atomic E-state index is 0.348.